The van der Waals surface area contributed by atoms with Gasteiger partial charge in [-0.3, -0.25) is 0 Å². The highest BCUT2D eigenvalue weighted by atomic mass is 15.0. The molecule has 0 aliphatic rings. The van der Waals surface area contributed by atoms with Gasteiger partial charge in [-0.15, -0.1) is 0 Å². The zero-order chi connectivity index (χ0) is 13.5. The van der Waals surface area contributed by atoms with Gasteiger partial charge in [0, 0.05) is 11.6 Å². The second-order valence-electron chi connectivity index (χ2n) is 5.31. The molecule has 1 rings (SSSR count). The molecule has 1 unspecified atom stereocenters. The van der Waals surface area contributed by atoms with Crippen LogP contribution in [0.4, 0.5) is 11.6 Å². The van der Waals surface area contributed by atoms with Crippen LogP contribution < -0.4 is 11.1 Å². The number of nitrogen functional groups attached to an aromatic ring is 1. The van der Waals surface area contributed by atoms with E-state index < -0.39 is 0 Å². The van der Waals surface area contributed by atoms with Crippen LogP contribution in [-0.2, 0) is 6.42 Å². The Morgan fingerprint density at radius 1 is 1.22 bits per heavy atom. The first kappa shape index (κ1) is 14.7. The lowest BCUT2D eigenvalue weighted by molar-refractivity contribution is 0.520. The summed E-state index contributed by atoms with van der Waals surface area (Å²) in [4.78, 5) is 8.32. The second kappa shape index (κ2) is 7.19. The van der Waals surface area contributed by atoms with Gasteiger partial charge in [0.05, 0.1) is 0 Å². The number of rotatable bonds is 7. The Labute approximate surface area is 110 Å². The molecule has 0 radical (unpaired) electrons. The van der Waals surface area contributed by atoms with Crippen LogP contribution in [0.25, 0.3) is 0 Å². The van der Waals surface area contributed by atoms with Crippen molar-refractivity contribution in [1.29, 1.82) is 0 Å². The average Bonchev–Trinajstić information content (AvgIpc) is 2.28. The van der Waals surface area contributed by atoms with E-state index in [0.717, 1.165) is 30.1 Å². The van der Waals surface area contributed by atoms with Crippen molar-refractivity contribution in [3.05, 3.63) is 11.9 Å². The van der Waals surface area contributed by atoms with E-state index in [0.29, 0.717) is 11.9 Å². The van der Waals surface area contributed by atoms with Gasteiger partial charge in [0.1, 0.15) is 18.0 Å². The Morgan fingerprint density at radius 2 is 1.94 bits per heavy atom. The van der Waals surface area contributed by atoms with Crippen molar-refractivity contribution in [3.63, 3.8) is 0 Å². The fraction of sp³-hybridized carbons (Fsp3) is 0.714. The van der Waals surface area contributed by atoms with Crippen LogP contribution >= 0.6 is 0 Å². The van der Waals surface area contributed by atoms with E-state index in [9.17, 15) is 0 Å². The lowest BCUT2D eigenvalue weighted by Gasteiger charge is -2.17. The fourth-order valence-electron chi connectivity index (χ4n) is 2.04. The molecule has 3 N–H and O–H groups in total. The molecule has 0 amide bonds. The molecular formula is C14H26N4. The first-order valence-corrected chi connectivity index (χ1v) is 6.90. The van der Waals surface area contributed by atoms with Gasteiger partial charge in [-0.2, -0.15) is 0 Å². The predicted molar refractivity (Wildman–Crippen MR) is 77.6 cm³/mol. The molecule has 0 bridgehead atoms. The normalized spacial score (nSPS) is 12.7. The smallest absolute Gasteiger partial charge is 0.134 e. The van der Waals surface area contributed by atoms with Crippen molar-refractivity contribution >= 4 is 11.6 Å². The maximum Gasteiger partial charge on any atom is 0.134 e. The second-order valence-corrected chi connectivity index (χ2v) is 5.31. The molecule has 1 aromatic rings. The summed E-state index contributed by atoms with van der Waals surface area (Å²) in [5.41, 5.74) is 6.88. The van der Waals surface area contributed by atoms with Crippen LogP contribution in [0.2, 0.25) is 0 Å². The minimum absolute atomic E-state index is 0.420. The summed E-state index contributed by atoms with van der Waals surface area (Å²) in [7, 11) is 0. The van der Waals surface area contributed by atoms with Crippen LogP contribution in [0.15, 0.2) is 6.33 Å². The van der Waals surface area contributed by atoms with Crippen molar-refractivity contribution in [3.8, 4) is 0 Å². The van der Waals surface area contributed by atoms with Crippen LogP contribution in [0.3, 0.4) is 0 Å². The fourth-order valence-corrected chi connectivity index (χ4v) is 2.04. The largest absolute Gasteiger partial charge is 0.383 e. The molecule has 0 spiro atoms. The predicted octanol–water partition coefficient (Wildman–Crippen LogP) is 3.25. The van der Waals surface area contributed by atoms with Crippen molar-refractivity contribution in [2.45, 2.75) is 59.4 Å². The lowest BCUT2D eigenvalue weighted by Crippen LogP contribution is -2.18. The van der Waals surface area contributed by atoms with Gasteiger partial charge in [-0.1, -0.05) is 33.6 Å². The molecule has 1 heterocycles. The van der Waals surface area contributed by atoms with Crippen molar-refractivity contribution < 1.29 is 0 Å². The highest BCUT2D eigenvalue weighted by Crippen LogP contribution is 2.19. The molecule has 0 saturated heterocycles. The molecule has 4 heteroatoms. The molecule has 0 fully saturated rings. The standard InChI is InChI=1S/C14H26N4/c1-5-12-13(15)16-9-17-14(12)18-11(4)8-6-7-10(2)3/h9-11H,5-8H2,1-4H3,(H3,15,16,17,18). The lowest BCUT2D eigenvalue weighted by atomic mass is 10.0. The number of anilines is 2. The Balaban J connectivity index is 2.53. The number of nitrogens with two attached hydrogens (primary N) is 1. The van der Waals surface area contributed by atoms with E-state index in [4.69, 9.17) is 5.73 Å². The summed E-state index contributed by atoms with van der Waals surface area (Å²) >= 11 is 0. The van der Waals surface area contributed by atoms with E-state index in [-0.39, 0.29) is 0 Å². The molecule has 18 heavy (non-hydrogen) atoms. The molecule has 0 aromatic carbocycles. The molecule has 0 aliphatic carbocycles. The van der Waals surface area contributed by atoms with Crippen molar-refractivity contribution in [1.82, 2.24) is 9.97 Å². The molecular weight excluding hydrogens is 224 g/mol. The summed E-state index contributed by atoms with van der Waals surface area (Å²) in [6.07, 6.45) is 6.06. The topological polar surface area (TPSA) is 63.8 Å². The Hall–Kier alpha value is -1.32. The van der Waals surface area contributed by atoms with E-state index in [2.05, 4.69) is 43.0 Å². The molecule has 0 saturated carbocycles. The average molecular weight is 250 g/mol. The monoisotopic (exact) mass is 250 g/mol. The minimum atomic E-state index is 0.420. The van der Waals surface area contributed by atoms with Crippen molar-refractivity contribution in [2.75, 3.05) is 11.1 Å². The van der Waals surface area contributed by atoms with Gasteiger partial charge in [0.25, 0.3) is 0 Å². The highest BCUT2D eigenvalue weighted by Gasteiger charge is 2.10. The van der Waals surface area contributed by atoms with Crippen molar-refractivity contribution in [2.24, 2.45) is 5.92 Å². The highest BCUT2D eigenvalue weighted by molar-refractivity contribution is 5.55. The molecule has 4 nitrogen and oxygen atoms in total. The number of hydrogen-bond acceptors (Lipinski definition) is 4. The first-order chi connectivity index (χ1) is 8.54. The summed E-state index contributed by atoms with van der Waals surface area (Å²) < 4.78 is 0. The maximum absolute atomic E-state index is 5.86. The summed E-state index contributed by atoms with van der Waals surface area (Å²) in [6.45, 7) is 8.79. The third-order valence-corrected chi connectivity index (χ3v) is 3.13. The van der Waals surface area contributed by atoms with Crippen LogP contribution in [0, 0.1) is 5.92 Å². The van der Waals surface area contributed by atoms with Gasteiger partial charge in [-0.05, 0) is 25.7 Å². The summed E-state index contributed by atoms with van der Waals surface area (Å²) in [5, 5.41) is 3.44. The first-order valence-electron chi connectivity index (χ1n) is 6.90. The van der Waals surface area contributed by atoms with E-state index in [1.807, 2.05) is 0 Å². The van der Waals surface area contributed by atoms with E-state index in [1.165, 1.54) is 19.2 Å². The summed E-state index contributed by atoms with van der Waals surface area (Å²) in [5.74, 6) is 2.25. The number of aromatic nitrogens is 2. The van der Waals surface area contributed by atoms with E-state index in [1.54, 1.807) is 0 Å². The number of nitrogens with zero attached hydrogens (tertiary/aromatic N) is 2. The molecule has 102 valence electrons. The number of nitrogens with one attached hydrogen (secondary N) is 1. The van der Waals surface area contributed by atoms with Gasteiger partial charge in [0.15, 0.2) is 0 Å². The van der Waals surface area contributed by atoms with Gasteiger partial charge >= 0.3 is 0 Å². The van der Waals surface area contributed by atoms with Gasteiger partial charge in [0.2, 0.25) is 0 Å². The zero-order valence-electron chi connectivity index (χ0n) is 12.0. The van der Waals surface area contributed by atoms with Crippen LogP contribution in [0.5, 0.6) is 0 Å². The minimum Gasteiger partial charge on any atom is -0.383 e. The molecule has 1 atom stereocenters. The number of hydrogen-bond donors (Lipinski definition) is 2. The maximum atomic E-state index is 5.86. The van der Waals surface area contributed by atoms with Crippen LogP contribution in [-0.4, -0.2) is 16.0 Å². The van der Waals surface area contributed by atoms with Gasteiger partial charge in [-0.25, -0.2) is 9.97 Å². The molecule has 1 aromatic heterocycles. The third kappa shape index (κ3) is 4.51. The Morgan fingerprint density at radius 3 is 2.56 bits per heavy atom. The molecule has 0 aliphatic heterocycles. The third-order valence-electron chi connectivity index (χ3n) is 3.13. The zero-order valence-corrected chi connectivity index (χ0v) is 12.0. The van der Waals surface area contributed by atoms with Gasteiger partial charge < -0.3 is 11.1 Å². The van der Waals surface area contributed by atoms with E-state index >= 15 is 0 Å². The summed E-state index contributed by atoms with van der Waals surface area (Å²) in [6, 6.07) is 0.420. The SMILES string of the molecule is CCc1c(N)ncnc1NC(C)CCCC(C)C. The quantitative estimate of drug-likeness (QED) is 0.779. The van der Waals surface area contributed by atoms with Crippen LogP contribution in [0.1, 0.15) is 52.5 Å². The Kier molecular flexibility index (Phi) is 5.89. The Bertz CT molecular complexity index is 363.